The third-order valence-corrected chi connectivity index (χ3v) is 5.85. The zero-order chi connectivity index (χ0) is 22.0. The van der Waals surface area contributed by atoms with Crippen LogP contribution in [0.3, 0.4) is 0 Å². The van der Waals surface area contributed by atoms with Gasteiger partial charge in [-0.25, -0.2) is 0 Å². The Morgan fingerprint density at radius 2 is 1.61 bits per heavy atom. The highest BCUT2D eigenvalue weighted by Crippen LogP contribution is 2.36. The molecule has 1 aliphatic heterocycles. The van der Waals surface area contributed by atoms with Crippen LogP contribution in [-0.4, -0.2) is 11.7 Å². The van der Waals surface area contributed by atoms with Gasteiger partial charge in [-0.2, -0.15) is 0 Å². The second-order valence-corrected chi connectivity index (χ2v) is 8.41. The summed E-state index contributed by atoms with van der Waals surface area (Å²) in [6.45, 7) is 2.56. The molecule has 0 radical (unpaired) electrons. The first-order valence-corrected chi connectivity index (χ1v) is 11.0. The number of phenols is 1. The topological polar surface area (TPSA) is 53.5 Å². The van der Waals surface area contributed by atoms with Crippen LogP contribution in [0.2, 0.25) is 15.1 Å². The molecule has 0 amide bonds. The predicted molar refractivity (Wildman–Crippen MR) is 127 cm³/mol. The van der Waals surface area contributed by atoms with E-state index >= 15 is 0 Å². The van der Waals surface area contributed by atoms with Crippen LogP contribution in [-0.2, 0) is 0 Å². The molecule has 0 spiro atoms. The average Bonchev–Trinajstić information content (AvgIpc) is 2.76. The van der Waals surface area contributed by atoms with Crippen LogP contribution in [0, 0.1) is 0 Å². The molecule has 0 aliphatic carbocycles. The Balaban J connectivity index is 1.75. The first-order valence-electron chi connectivity index (χ1n) is 9.85. The van der Waals surface area contributed by atoms with Crippen LogP contribution in [0.5, 0.6) is 11.5 Å². The van der Waals surface area contributed by atoms with Gasteiger partial charge in [-0.3, -0.25) is 5.32 Å². The van der Waals surface area contributed by atoms with Gasteiger partial charge in [0.25, 0.3) is 0 Å². The fourth-order valence-electron chi connectivity index (χ4n) is 3.57. The summed E-state index contributed by atoms with van der Waals surface area (Å²) in [7, 11) is 0. The Hall–Kier alpha value is -2.37. The van der Waals surface area contributed by atoms with Crippen molar-refractivity contribution in [2.45, 2.75) is 19.1 Å². The van der Waals surface area contributed by atoms with Crippen LogP contribution in [0.15, 0.2) is 66.7 Å². The van der Waals surface area contributed by atoms with Crippen LogP contribution < -0.4 is 15.4 Å². The highest BCUT2D eigenvalue weighted by atomic mass is 35.5. The van der Waals surface area contributed by atoms with Gasteiger partial charge in [-0.1, -0.05) is 40.9 Å². The minimum Gasteiger partial charge on any atom is -0.508 e. The Morgan fingerprint density at radius 3 is 2.32 bits per heavy atom. The molecule has 1 aliphatic rings. The van der Waals surface area contributed by atoms with Crippen LogP contribution in [0.4, 0.5) is 0 Å². The molecule has 7 heteroatoms. The SMILES string of the molecule is CCOc1ccc(C2=CC(c3cc(Cl)ccc3O)NC(c3ccc(Cl)cc3Cl)N2)cc1. The lowest BCUT2D eigenvalue weighted by atomic mass is 9.98. The van der Waals surface area contributed by atoms with E-state index in [0.717, 1.165) is 22.6 Å². The molecule has 0 bridgehead atoms. The smallest absolute Gasteiger partial charge is 0.120 e. The average molecular weight is 476 g/mol. The van der Waals surface area contributed by atoms with E-state index in [4.69, 9.17) is 39.5 Å². The number of halogens is 3. The van der Waals surface area contributed by atoms with Gasteiger partial charge in [-0.05, 0) is 73.2 Å². The molecular weight excluding hydrogens is 455 g/mol. The lowest BCUT2D eigenvalue weighted by Gasteiger charge is -2.34. The number of aromatic hydroxyl groups is 1. The van der Waals surface area contributed by atoms with Crippen molar-refractivity contribution in [1.29, 1.82) is 0 Å². The van der Waals surface area contributed by atoms with Crippen molar-refractivity contribution in [3.63, 3.8) is 0 Å². The molecule has 0 aromatic heterocycles. The number of phenolic OH excluding ortho intramolecular Hbond substituents is 1. The number of ether oxygens (including phenoxy) is 1. The van der Waals surface area contributed by atoms with E-state index in [1.807, 2.05) is 43.3 Å². The minimum atomic E-state index is -0.320. The molecule has 31 heavy (non-hydrogen) atoms. The van der Waals surface area contributed by atoms with E-state index < -0.39 is 0 Å². The molecule has 160 valence electrons. The van der Waals surface area contributed by atoms with Gasteiger partial charge < -0.3 is 15.2 Å². The molecule has 0 saturated heterocycles. The highest BCUT2D eigenvalue weighted by molar-refractivity contribution is 6.35. The van der Waals surface area contributed by atoms with E-state index in [-0.39, 0.29) is 18.0 Å². The quantitative estimate of drug-likeness (QED) is 0.383. The van der Waals surface area contributed by atoms with E-state index in [2.05, 4.69) is 10.6 Å². The van der Waals surface area contributed by atoms with E-state index in [1.54, 1.807) is 30.3 Å². The number of hydrogen-bond acceptors (Lipinski definition) is 4. The molecular formula is C24H21Cl3N2O2. The van der Waals surface area contributed by atoms with Crippen molar-refractivity contribution in [2.75, 3.05) is 6.61 Å². The lowest BCUT2D eigenvalue weighted by Crippen LogP contribution is -2.39. The molecule has 4 nitrogen and oxygen atoms in total. The van der Waals surface area contributed by atoms with Crippen molar-refractivity contribution in [1.82, 2.24) is 10.6 Å². The Kier molecular flexibility index (Phi) is 6.63. The van der Waals surface area contributed by atoms with Crippen LogP contribution in [0.1, 0.15) is 35.8 Å². The van der Waals surface area contributed by atoms with Crippen LogP contribution in [0.25, 0.3) is 5.70 Å². The fraction of sp³-hybridized carbons (Fsp3) is 0.167. The highest BCUT2D eigenvalue weighted by Gasteiger charge is 2.27. The molecule has 0 fully saturated rings. The monoisotopic (exact) mass is 474 g/mol. The molecule has 4 rings (SSSR count). The van der Waals surface area contributed by atoms with Crippen molar-refractivity contribution < 1.29 is 9.84 Å². The second-order valence-electron chi connectivity index (χ2n) is 7.13. The molecule has 0 saturated carbocycles. The van der Waals surface area contributed by atoms with E-state index in [0.29, 0.717) is 27.2 Å². The zero-order valence-electron chi connectivity index (χ0n) is 16.7. The summed E-state index contributed by atoms with van der Waals surface area (Å²) >= 11 is 18.8. The normalized spacial score (nSPS) is 18.3. The first kappa shape index (κ1) is 21.8. The van der Waals surface area contributed by atoms with E-state index in [1.165, 1.54) is 0 Å². The lowest BCUT2D eigenvalue weighted by molar-refractivity contribution is 0.340. The van der Waals surface area contributed by atoms with Crippen molar-refractivity contribution in [2.24, 2.45) is 0 Å². The standard InChI is InChI=1S/C24H21Cl3N2O2/c1-2-31-17-7-3-14(4-8-17)21-13-22(19-11-15(25)6-10-23(19)30)29-24(28-21)18-9-5-16(26)12-20(18)27/h3-13,22,24,28-30H,2H2,1H3. The number of benzene rings is 3. The fourth-order valence-corrected chi connectivity index (χ4v) is 4.27. The summed E-state index contributed by atoms with van der Waals surface area (Å²) in [6.07, 6.45) is 1.70. The Labute approximate surface area is 196 Å². The maximum Gasteiger partial charge on any atom is 0.120 e. The summed E-state index contributed by atoms with van der Waals surface area (Å²) in [5, 5.41) is 19.1. The Morgan fingerprint density at radius 1 is 0.903 bits per heavy atom. The maximum atomic E-state index is 10.5. The molecule has 3 N–H and O–H groups in total. The number of nitrogens with one attached hydrogen (secondary N) is 2. The van der Waals surface area contributed by atoms with Gasteiger partial charge in [0.2, 0.25) is 0 Å². The van der Waals surface area contributed by atoms with Gasteiger partial charge in [0.15, 0.2) is 0 Å². The summed E-state index contributed by atoms with van der Waals surface area (Å²) in [6, 6.07) is 17.9. The third-order valence-electron chi connectivity index (χ3n) is 5.05. The zero-order valence-corrected chi connectivity index (χ0v) is 19.0. The van der Waals surface area contributed by atoms with Crippen molar-refractivity contribution in [3.8, 4) is 11.5 Å². The molecule has 3 aromatic carbocycles. The molecule has 1 heterocycles. The van der Waals surface area contributed by atoms with E-state index in [9.17, 15) is 5.11 Å². The maximum absolute atomic E-state index is 10.5. The largest absolute Gasteiger partial charge is 0.508 e. The van der Waals surface area contributed by atoms with Gasteiger partial charge in [0, 0.05) is 31.9 Å². The first-order chi connectivity index (χ1) is 14.9. The summed E-state index contributed by atoms with van der Waals surface area (Å²) < 4.78 is 5.56. The molecule has 2 atom stereocenters. The van der Waals surface area contributed by atoms with Gasteiger partial charge in [0.05, 0.1) is 12.6 Å². The summed E-state index contributed by atoms with van der Waals surface area (Å²) in [4.78, 5) is 0. The second kappa shape index (κ2) is 9.41. The summed E-state index contributed by atoms with van der Waals surface area (Å²) in [5.41, 5.74) is 3.38. The van der Waals surface area contributed by atoms with Gasteiger partial charge in [0.1, 0.15) is 17.7 Å². The molecule has 3 aromatic rings. The Bertz CT molecular complexity index is 1120. The number of rotatable bonds is 5. The van der Waals surface area contributed by atoms with Crippen LogP contribution >= 0.6 is 34.8 Å². The summed E-state index contributed by atoms with van der Waals surface area (Å²) in [5.74, 6) is 0.967. The third kappa shape index (κ3) is 4.94. The number of hydrogen-bond donors (Lipinski definition) is 3. The van der Waals surface area contributed by atoms with Gasteiger partial charge in [-0.15, -0.1) is 0 Å². The van der Waals surface area contributed by atoms with Crippen molar-refractivity contribution >= 4 is 40.5 Å². The molecule has 2 unspecified atom stereocenters. The minimum absolute atomic E-state index is 0.159. The predicted octanol–water partition coefficient (Wildman–Crippen LogP) is 6.72. The van der Waals surface area contributed by atoms with Gasteiger partial charge >= 0.3 is 0 Å². The van der Waals surface area contributed by atoms with Crippen molar-refractivity contribution in [3.05, 3.63) is 98.5 Å².